The SMILES string of the molecule is O=C(NC(c1cc(Cl)cc(Cl)c1)C1(O)CCCC1)c1nccc(C(F)(F)F)c1Cl. The van der Waals surface area contributed by atoms with Gasteiger partial charge in [-0.2, -0.15) is 13.2 Å². The number of pyridine rings is 1. The van der Waals surface area contributed by atoms with Crippen LogP contribution in [0.1, 0.15) is 53.3 Å². The zero-order valence-corrected chi connectivity index (χ0v) is 17.1. The lowest BCUT2D eigenvalue weighted by molar-refractivity contribution is -0.137. The summed E-state index contributed by atoms with van der Waals surface area (Å²) in [6.45, 7) is 0. The number of carbonyl (C=O) groups excluding carboxylic acids is 1. The van der Waals surface area contributed by atoms with Crippen LogP contribution in [-0.4, -0.2) is 21.6 Å². The fourth-order valence-corrected chi connectivity index (χ4v) is 4.41. The number of nitrogens with zero attached hydrogens (tertiary/aromatic N) is 1. The lowest BCUT2D eigenvalue weighted by atomic mass is 9.87. The van der Waals surface area contributed by atoms with Crippen LogP contribution in [0.15, 0.2) is 30.5 Å². The second kappa shape index (κ2) is 8.30. The molecule has 0 saturated heterocycles. The quantitative estimate of drug-likeness (QED) is 0.594. The average Bonchev–Trinajstić information content (AvgIpc) is 3.05. The summed E-state index contributed by atoms with van der Waals surface area (Å²) < 4.78 is 39.3. The monoisotopic (exact) mass is 466 g/mol. The molecule has 0 radical (unpaired) electrons. The summed E-state index contributed by atoms with van der Waals surface area (Å²) in [6.07, 6.45) is -1.62. The molecule has 1 atom stereocenters. The van der Waals surface area contributed by atoms with Gasteiger partial charge in [0.1, 0.15) is 5.69 Å². The van der Waals surface area contributed by atoms with Gasteiger partial charge in [-0.15, -0.1) is 0 Å². The molecule has 0 aliphatic heterocycles. The second-order valence-corrected chi connectivity index (χ2v) is 8.19. The predicted molar refractivity (Wildman–Crippen MR) is 104 cm³/mol. The first-order valence-corrected chi connectivity index (χ1v) is 9.85. The Labute approximate surface area is 180 Å². The molecule has 1 aromatic carbocycles. The molecule has 2 aromatic rings. The van der Waals surface area contributed by atoms with Crippen LogP contribution in [0.5, 0.6) is 0 Å². The molecular weight excluding hydrogens is 452 g/mol. The summed E-state index contributed by atoms with van der Waals surface area (Å²) in [5.41, 5.74) is -2.62. The van der Waals surface area contributed by atoms with Crippen molar-refractivity contribution in [3.05, 3.63) is 62.4 Å². The Morgan fingerprint density at radius 3 is 2.28 bits per heavy atom. The number of carbonyl (C=O) groups is 1. The molecular formula is C19H16Cl3F3N2O2. The van der Waals surface area contributed by atoms with E-state index in [0.29, 0.717) is 34.5 Å². The van der Waals surface area contributed by atoms with Gasteiger partial charge in [-0.1, -0.05) is 47.6 Å². The first kappa shape index (κ1) is 22.2. The van der Waals surface area contributed by atoms with E-state index in [1.54, 1.807) is 0 Å². The molecule has 1 aromatic heterocycles. The molecule has 1 unspecified atom stereocenters. The van der Waals surface area contributed by atoms with Crippen LogP contribution in [0.4, 0.5) is 13.2 Å². The number of amides is 1. The number of hydrogen-bond donors (Lipinski definition) is 2. The zero-order valence-electron chi connectivity index (χ0n) is 14.9. The van der Waals surface area contributed by atoms with Gasteiger partial charge in [0, 0.05) is 16.2 Å². The first-order chi connectivity index (χ1) is 13.5. The van der Waals surface area contributed by atoms with Crippen molar-refractivity contribution in [1.29, 1.82) is 0 Å². The van der Waals surface area contributed by atoms with Gasteiger partial charge < -0.3 is 10.4 Å². The zero-order chi connectivity index (χ0) is 21.4. The third kappa shape index (κ3) is 4.79. The Morgan fingerprint density at radius 1 is 1.14 bits per heavy atom. The second-order valence-electron chi connectivity index (χ2n) is 6.94. The van der Waals surface area contributed by atoms with Crippen molar-refractivity contribution in [2.75, 3.05) is 0 Å². The summed E-state index contributed by atoms with van der Waals surface area (Å²) in [6, 6.07) is 4.31. The maximum atomic E-state index is 13.1. The summed E-state index contributed by atoms with van der Waals surface area (Å²) >= 11 is 17.9. The number of nitrogens with one attached hydrogen (secondary N) is 1. The van der Waals surface area contributed by atoms with Crippen molar-refractivity contribution in [2.24, 2.45) is 0 Å². The van der Waals surface area contributed by atoms with Crippen molar-refractivity contribution in [1.82, 2.24) is 10.3 Å². The van der Waals surface area contributed by atoms with Gasteiger partial charge in [0.05, 0.1) is 22.2 Å². The average molecular weight is 468 g/mol. The third-order valence-corrected chi connectivity index (χ3v) is 5.73. The highest BCUT2D eigenvalue weighted by Gasteiger charge is 2.42. The molecule has 1 amide bonds. The molecule has 3 rings (SSSR count). The maximum Gasteiger partial charge on any atom is 0.417 e. The Bertz CT molecular complexity index is 911. The van der Waals surface area contributed by atoms with E-state index in [0.717, 1.165) is 19.0 Å². The molecule has 1 fully saturated rings. The molecule has 10 heteroatoms. The first-order valence-electron chi connectivity index (χ1n) is 8.72. The van der Waals surface area contributed by atoms with Crippen LogP contribution in [0.2, 0.25) is 15.1 Å². The normalized spacial score (nSPS) is 17.2. The Kier molecular flexibility index (Phi) is 6.34. The van der Waals surface area contributed by atoms with Gasteiger partial charge >= 0.3 is 6.18 Å². The highest BCUT2D eigenvalue weighted by Crippen LogP contribution is 2.42. The van der Waals surface area contributed by atoms with Crippen LogP contribution in [0.3, 0.4) is 0 Å². The van der Waals surface area contributed by atoms with Crippen molar-refractivity contribution < 1.29 is 23.1 Å². The molecule has 1 saturated carbocycles. The van der Waals surface area contributed by atoms with E-state index in [2.05, 4.69) is 10.3 Å². The van der Waals surface area contributed by atoms with Crippen LogP contribution >= 0.6 is 34.8 Å². The van der Waals surface area contributed by atoms with E-state index < -0.39 is 40.0 Å². The molecule has 2 N–H and O–H groups in total. The van der Waals surface area contributed by atoms with Gasteiger partial charge in [-0.3, -0.25) is 4.79 Å². The number of rotatable bonds is 4. The van der Waals surface area contributed by atoms with E-state index >= 15 is 0 Å². The standard InChI is InChI=1S/C19H16Cl3F3N2O2/c20-11-7-10(8-12(21)9-11)16(18(29)4-1-2-5-18)27-17(28)15-14(22)13(3-6-26-15)19(23,24)25/h3,6-9,16,29H,1-2,4-5H2,(H,27,28). The number of halogens is 6. The molecule has 156 valence electrons. The minimum atomic E-state index is -4.74. The lowest BCUT2D eigenvalue weighted by Gasteiger charge is -2.34. The Balaban J connectivity index is 2.00. The summed E-state index contributed by atoms with van der Waals surface area (Å²) in [5.74, 6) is -0.942. The summed E-state index contributed by atoms with van der Waals surface area (Å²) in [5, 5.41) is 13.5. The maximum absolute atomic E-state index is 13.1. The number of aliphatic hydroxyl groups is 1. The predicted octanol–water partition coefficient (Wildman–Crippen LogP) is 5.84. The number of benzene rings is 1. The fraction of sp³-hybridized carbons (Fsp3) is 0.368. The smallest absolute Gasteiger partial charge is 0.387 e. The largest absolute Gasteiger partial charge is 0.417 e. The third-order valence-electron chi connectivity index (χ3n) is 4.91. The van der Waals surface area contributed by atoms with Crippen molar-refractivity contribution in [2.45, 2.75) is 43.5 Å². The molecule has 29 heavy (non-hydrogen) atoms. The summed E-state index contributed by atoms with van der Waals surface area (Å²) in [4.78, 5) is 16.5. The minimum absolute atomic E-state index is 0.295. The van der Waals surface area contributed by atoms with Crippen LogP contribution in [0, 0.1) is 0 Å². The highest BCUT2D eigenvalue weighted by atomic mass is 35.5. The van der Waals surface area contributed by atoms with Crippen LogP contribution in [0.25, 0.3) is 0 Å². The Morgan fingerprint density at radius 2 is 1.72 bits per heavy atom. The lowest BCUT2D eigenvalue weighted by Crippen LogP contribution is -2.44. The molecule has 0 bridgehead atoms. The van der Waals surface area contributed by atoms with E-state index in [1.807, 2.05) is 0 Å². The molecule has 4 nitrogen and oxygen atoms in total. The van der Waals surface area contributed by atoms with E-state index in [-0.39, 0.29) is 0 Å². The molecule has 1 aliphatic rings. The number of alkyl halides is 3. The van der Waals surface area contributed by atoms with Gasteiger partial charge in [0.15, 0.2) is 0 Å². The number of hydrogen-bond acceptors (Lipinski definition) is 3. The number of aromatic nitrogens is 1. The van der Waals surface area contributed by atoms with Crippen molar-refractivity contribution >= 4 is 40.7 Å². The van der Waals surface area contributed by atoms with Crippen molar-refractivity contribution in [3.63, 3.8) is 0 Å². The topological polar surface area (TPSA) is 62.2 Å². The molecule has 1 heterocycles. The Hall–Kier alpha value is -1.54. The van der Waals surface area contributed by atoms with Gasteiger partial charge in [0.25, 0.3) is 5.91 Å². The van der Waals surface area contributed by atoms with Crippen molar-refractivity contribution in [3.8, 4) is 0 Å². The fourth-order valence-electron chi connectivity index (χ4n) is 3.57. The van der Waals surface area contributed by atoms with Crippen LogP contribution < -0.4 is 5.32 Å². The minimum Gasteiger partial charge on any atom is -0.387 e. The van der Waals surface area contributed by atoms with E-state index in [1.165, 1.54) is 18.2 Å². The highest BCUT2D eigenvalue weighted by molar-refractivity contribution is 6.35. The van der Waals surface area contributed by atoms with Gasteiger partial charge in [-0.25, -0.2) is 4.98 Å². The summed E-state index contributed by atoms with van der Waals surface area (Å²) in [7, 11) is 0. The van der Waals surface area contributed by atoms with Gasteiger partial charge in [0.2, 0.25) is 0 Å². The van der Waals surface area contributed by atoms with E-state index in [9.17, 15) is 23.1 Å². The van der Waals surface area contributed by atoms with Gasteiger partial charge in [-0.05, 0) is 42.7 Å². The molecule has 0 spiro atoms. The van der Waals surface area contributed by atoms with Crippen LogP contribution in [-0.2, 0) is 6.18 Å². The van der Waals surface area contributed by atoms with E-state index in [4.69, 9.17) is 34.8 Å². The molecule has 1 aliphatic carbocycles.